The summed E-state index contributed by atoms with van der Waals surface area (Å²) >= 11 is 0. The van der Waals surface area contributed by atoms with Crippen LogP contribution in [-0.4, -0.2) is 68.0 Å². The Bertz CT molecular complexity index is 1270. The van der Waals surface area contributed by atoms with Crippen LogP contribution in [0.25, 0.3) is 22.3 Å². The molecule has 33 heavy (non-hydrogen) atoms. The zero-order chi connectivity index (χ0) is 23.6. The Labute approximate surface area is 193 Å². The fourth-order valence-corrected chi connectivity index (χ4v) is 5.83. The van der Waals surface area contributed by atoms with Gasteiger partial charge in [0.1, 0.15) is 5.75 Å². The maximum Gasteiger partial charge on any atom is 0.252 e. The largest absolute Gasteiger partial charge is 0.497 e. The molecule has 0 bridgehead atoms. The van der Waals surface area contributed by atoms with Gasteiger partial charge in [0.25, 0.3) is 5.91 Å². The standard InChI is InChI=1S/C23H28N4O5S/c1-15-21-19(23(28)24-10-4-11-31-2)13-20(16-5-7-18(32-3)8-6-16)25-22(21)27(26-15)17-9-12-33(29,30)14-17/h5-8,13,17H,4,9-12,14H2,1-3H3,(H,24,28). The Morgan fingerprint density at radius 2 is 2.00 bits per heavy atom. The number of amides is 1. The van der Waals surface area contributed by atoms with Crippen molar-refractivity contribution < 1.29 is 22.7 Å². The maximum atomic E-state index is 13.2. The van der Waals surface area contributed by atoms with Crippen LogP contribution in [0.3, 0.4) is 0 Å². The fourth-order valence-electron chi connectivity index (χ4n) is 4.14. The van der Waals surface area contributed by atoms with Crippen molar-refractivity contribution in [2.75, 3.05) is 38.9 Å². The molecule has 1 amide bonds. The Morgan fingerprint density at radius 1 is 1.24 bits per heavy atom. The zero-order valence-electron chi connectivity index (χ0n) is 19.0. The lowest BCUT2D eigenvalue weighted by molar-refractivity contribution is 0.0950. The highest BCUT2D eigenvalue weighted by Gasteiger charge is 2.32. The van der Waals surface area contributed by atoms with Crippen LogP contribution in [0, 0.1) is 6.92 Å². The predicted molar refractivity (Wildman–Crippen MR) is 125 cm³/mol. The third-order valence-corrected chi connectivity index (χ3v) is 7.58. The van der Waals surface area contributed by atoms with Gasteiger partial charge in [-0.1, -0.05) is 0 Å². The van der Waals surface area contributed by atoms with E-state index in [4.69, 9.17) is 14.5 Å². The van der Waals surface area contributed by atoms with Gasteiger partial charge in [-0.25, -0.2) is 18.1 Å². The van der Waals surface area contributed by atoms with E-state index >= 15 is 0 Å². The zero-order valence-corrected chi connectivity index (χ0v) is 19.8. The molecule has 4 rings (SSSR count). The van der Waals surface area contributed by atoms with E-state index in [1.54, 1.807) is 25.0 Å². The van der Waals surface area contributed by atoms with E-state index < -0.39 is 9.84 Å². The average Bonchev–Trinajstić information content (AvgIpc) is 3.34. The number of aromatic nitrogens is 3. The number of aryl methyl sites for hydroxylation is 1. The molecule has 176 valence electrons. The lowest BCUT2D eigenvalue weighted by Gasteiger charge is -2.12. The summed E-state index contributed by atoms with van der Waals surface area (Å²) in [4.78, 5) is 18.0. The van der Waals surface area contributed by atoms with Gasteiger partial charge in [-0.3, -0.25) is 4.79 Å². The number of sulfone groups is 1. The molecule has 1 fully saturated rings. The van der Waals surface area contributed by atoms with E-state index in [2.05, 4.69) is 10.4 Å². The first-order valence-corrected chi connectivity index (χ1v) is 12.7. The molecule has 1 aromatic carbocycles. The minimum atomic E-state index is -3.11. The van der Waals surface area contributed by atoms with E-state index in [-0.39, 0.29) is 23.5 Å². The van der Waals surface area contributed by atoms with Crippen LogP contribution < -0.4 is 10.1 Å². The third kappa shape index (κ3) is 4.86. The van der Waals surface area contributed by atoms with Gasteiger partial charge in [0.15, 0.2) is 15.5 Å². The Kier molecular flexibility index (Phi) is 6.66. The van der Waals surface area contributed by atoms with Gasteiger partial charge in [-0.15, -0.1) is 0 Å². The highest BCUT2D eigenvalue weighted by Crippen LogP contribution is 2.32. The SMILES string of the molecule is COCCCNC(=O)c1cc(-c2ccc(OC)cc2)nc2c1c(C)nn2C1CCS(=O)(=O)C1. The second kappa shape index (κ2) is 9.48. The van der Waals surface area contributed by atoms with Gasteiger partial charge < -0.3 is 14.8 Å². The second-order valence-corrected chi connectivity index (χ2v) is 10.4. The molecule has 9 nitrogen and oxygen atoms in total. The summed E-state index contributed by atoms with van der Waals surface area (Å²) in [7, 11) is 0.110. The molecule has 1 aliphatic heterocycles. The number of nitrogens with one attached hydrogen (secondary N) is 1. The summed E-state index contributed by atoms with van der Waals surface area (Å²) in [6.45, 7) is 2.84. The van der Waals surface area contributed by atoms with Crippen molar-refractivity contribution in [3.05, 3.63) is 41.6 Å². The van der Waals surface area contributed by atoms with Gasteiger partial charge in [-0.2, -0.15) is 5.10 Å². The molecular formula is C23H28N4O5S. The number of rotatable bonds is 8. The quantitative estimate of drug-likeness (QED) is 0.501. The number of ether oxygens (including phenoxy) is 2. The number of carbonyl (C=O) groups excluding carboxylic acids is 1. The normalized spacial score (nSPS) is 17.4. The number of carbonyl (C=O) groups is 1. The van der Waals surface area contributed by atoms with Crippen molar-refractivity contribution in [2.45, 2.75) is 25.8 Å². The Morgan fingerprint density at radius 3 is 2.64 bits per heavy atom. The van der Waals surface area contributed by atoms with E-state index in [0.717, 1.165) is 5.56 Å². The van der Waals surface area contributed by atoms with Crippen LogP contribution >= 0.6 is 0 Å². The first kappa shape index (κ1) is 23.2. The van der Waals surface area contributed by atoms with Crippen molar-refractivity contribution in [2.24, 2.45) is 0 Å². The van der Waals surface area contributed by atoms with Gasteiger partial charge >= 0.3 is 0 Å². The molecule has 2 aromatic heterocycles. The van der Waals surface area contributed by atoms with E-state index in [1.807, 2.05) is 31.2 Å². The summed E-state index contributed by atoms with van der Waals surface area (Å²) in [5.74, 6) is 0.641. The fraction of sp³-hybridized carbons (Fsp3) is 0.435. The minimum absolute atomic E-state index is 0.0240. The Balaban J connectivity index is 1.82. The van der Waals surface area contributed by atoms with Crippen LogP contribution in [0.15, 0.2) is 30.3 Å². The molecule has 1 unspecified atom stereocenters. The van der Waals surface area contributed by atoms with Crippen LogP contribution in [-0.2, 0) is 14.6 Å². The molecule has 1 atom stereocenters. The van der Waals surface area contributed by atoms with Gasteiger partial charge in [0, 0.05) is 25.8 Å². The highest BCUT2D eigenvalue weighted by atomic mass is 32.2. The van der Waals surface area contributed by atoms with Gasteiger partial charge in [0.2, 0.25) is 0 Å². The molecule has 10 heteroatoms. The Hall–Kier alpha value is -2.98. The lowest BCUT2D eigenvalue weighted by atomic mass is 10.0. The van der Waals surface area contributed by atoms with Gasteiger partial charge in [-0.05, 0) is 50.1 Å². The summed E-state index contributed by atoms with van der Waals surface area (Å²) in [5.41, 5.74) is 3.05. The number of benzene rings is 1. The predicted octanol–water partition coefficient (Wildman–Crippen LogP) is 2.54. The van der Waals surface area contributed by atoms with Crippen molar-refractivity contribution in [1.29, 1.82) is 0 Å². The van der Waals surface area contributed by atoms with Crippen LogP contribution in [0.4, 0.5) is 0 Å². The van der Waals surface area contributed by atoms with Crippen LogP contribution in [0.2, 0.25) is 0 Å². The summed E-state index contributed by atoms with van der Waals surface area (Å²) < 4.78 is 36.2. The van der Waals surface area contributed by atoms with Crippen LogP contribution in [0.5, 0.6) is 5.75 Å². The van der Waals surface area contributed by atoms with Crippen molar-refractivity contribution >= 4 is 26.8 Å². The summed E-state index contributed by atoms with van der Waals surface area (Å²) in [6.07, 6.45) is 1.17. The molecule has 0 radical (unpaired) electrons. The third-order valence-electron chi connectivity index (χ3n) is 5.83. The average molecular weight is 473 g/mol. The number of hydrogen-bond donors (Lipinski definition) is 1. The minimum Gasteiger partial charge on any atom is -0.497 e. The van der Waals surface area contributed by atoms with Gasteiger partial charge in [0.05, 0.1) is 47.0 Å². The molecule has 0 aliphatic carbocycles. The number of methoxy groups -OCH3 is 2. The van der Waals surface area contributed by atoms with Crippen molar-refractivity contribution in [1.82, 2.24) is 20.1 Å². The first-order valence-electron chi connectivity index (χ1n) is 10.8. The molecule has 3 heterocycles. The van der Waals surface area contributed by atoms with E-state index in [9.17, 15) is 13.2 Å². The summed E-state index contributed by atoms with van der Waals surface area (Å²) in [6, 6.07) is 8.87. The maximum absolute atomic E-state index is 13.2. The smallest absolute Gasteiger partial charge is 0.252 e. The molecule has 1 saturated heterocycles. The highest BCUT2D eigenvalue weighted by molar-refractivity contribution is 7.91. The van der Waals surface area contributed by atoms with E-state index in [0.29, 0.717) is 59.7 Å². The molecule has 3 aromatic rings. The number of pyridine rings is 1. The number of nitrogens with zero attached hydrogens (tertiary/aromatic N) is 3. The second-order valence-electron chi connectivity index (χ2n) is 8.17. The first-order chi connectivity index (χ1) is 15.8. The van der Waals surface area contributed by atoms with Crippen LogP contribution in [0.1, 0.15) is 34.9 Å². The van der Waals surface area contributed by atoms with E-state index in [1.165, 1.54) is 0 Å². The molecule has 1 aliphatic rings. The van der Waals surface area contributed by atoms with Crippen molar-refractivity contribution in [3.8, 4) is 17.0 Å². The molecular weight excluding hydrogens is 444 g/mol. The number of fused-ring (bicyclic) bond motifs is 1. The molecule has 0 spiro atoms. The molecule has 0 saturated carbocycles. The monoisotopic (exact) mass is 472 g/mol. The van der Waals surface area contributed by atoms with Crippen molar-refractivity contribution in [3.63, 3.8) is 0 Å². The summed E-state index contributed by atoms with van der Waals surface area (Å²) in [5, 5.41) is 8.20. The number of hydrogen-bond acceptors (Lipinski definition) is 7. The lowest BCUT2D eigenvalue weighted by Crippen LogP contribution is -2.25. The topological polar surface area (TPSA) is 112 Å². The molecule has 1 N–H and O–H groups in total.